The summed E-state index contributed by atoms with van der Waals surface area (Å²) < 4.78 is 27.0. The molecule has 2 aromatic heterocycles. The average Bonchev–Trinajstić information content (AvgIpc) is 3.30. The van der Waals surface area contributed by atoms with Crippen LogP contribution in [0.25, 0.3) is 21.3 Å². The lowest BCUT2D eigenvalue weighted by atomic mass is 10.1. The van der Waals surface area contributed by atoms with E-state index in [0.29, 0.717) is 33.8 Å². The monoisotopic (exact) mass is 526 g/mol. The van der Waals surface area contributed by atoms with E-state index < -0.39 is 21.0 Å². The molecular weight excluding hydrogens is 504 g/mol. The molecule has 0 saturated carbocycles. The summed E-state index contributed by atoms with van der Waals surface area (Å²) in [4.78, 5) is 31.9. The Balaban J connectivity index is 1.57. The number of hydrogen-bond acceptors (Lipinski definition) is 9. The van der Waals surface area contributed by atoms with Crippen molar-refractivity contribution in [2.45, 2.75) is 24.7 Å². The topological polar surface area (TPSA) is 156 Å². The van der Waals surface area contributed by atoms with Gasteiger partial charge in [0.2, 0.25) is 0 Å². The molecule has 36 heavy (non-hydrogen) atoms. The minimum atomic E-state index is -4.03. The van der Waals surface area contributed by atoms with Crippen molar-refractivity contribution in [3.05, 3.63) is 70.4 Å². The number of thiophene rings is 1. The number of nitro benzene ring substituents is 1. The molecule has 186 valence electrons. The minimum Gasteiger partial charge on any atom is -0.340 e. The third kappa shape index (κ3) is 5.58. The minimum absolute atomic E-state index is 0.0253. The first kappa shape index (κ1) is 25.0. The highest BCUT2D eigenvalue weighted by Gasteiger charge is 2.18. The Labute approximate surface area is 210 Å². The van der Waals surface area contributed by atoms with Crippen molar-refractivity contribution in [1.29, 1.82) is 0 Å². The molecule has 2 aromatic carbocycles. The second kappa shape index (κ2) is 10.7. The Morgan fingerprint density at radius 3 is 2.64 bits per heavy atom. The highest BCUT2D eigenvalue weighted by Crippen LogP contribution is 2.38. The van der Waals surface area contributed by atoms with Crippen molar-refractivity contribution in [1.82, 2.24) is 20.0 Å². The first-order valence-electron chi connectivity index (χ1n) is 10.9. The molecule has 0 radical (unpaired) electrons. The Kier molecular flexibility index (Phi) is 7.41. The number of nitro groups is 1. The summed E-state index contributed by atoms with van der Waals surface area (Å²) in [5, 5.41) is 19.4. The van der Waals surface area contributed by atoms with Gasteiger partial charge in [-0.15, -0.1) is 11.3 Å². The number of urea groups is 1. The van der Waals surface area contributed by atoms with Gasteiger partial charge in [0.15, 0.2) is 0 Å². The van der Waals surface area contributed by atoms with E-state index >= 15 is 0 Å². The van der Waals surface area contributed by atoms with Gasteiger partial charge in [-0.3, -0.25) is 10.1 Å². The average molecular weight is 527 g/mol. The molecule has 0 saturated heterocycles. The van der Waals surface area contributed by atoms with E-state index in [9.17, 15) is 23.3 Å². The maximum Gasteiger partial charge on any atom is 0.328 e. The summed E-state index contributed by atoms with van der Waals surface area (Å²) in [6, 6.07) is 11.4. The van der Waals surface area contributed by atoms with Gasteiger partial charge in [0, 0.05) is 35.3 Å². The van der Waals surface area contributed by atoms with Gasteiger partial charge in [-0.25, -0.2) is 27.9 Å². The number of benzene rings is 2. The number of nitrogens with one attached hydrogen (secondary N) is 3. The van der Waals surface area contributed by atoms with Crippen LogP contribution in [-0.4, -0.2) is 35.9 Å². The molecule has 13 heteroatoms. The molecule has 0 spiro atoms. The molecule has 0 bridgehead atoms. The van der Waals surface area contributed by atoms with E-state index in [0.717, 1.165) is 18.4 Å². The van der Waals surface area contributed by atoms with Crippen LogP contribution in [0.15, 0.2) is 65.1 Å². The van der Waals surface area contributed by atoms with Crippen LogP contribution >= 0.6 is 11.3 Å². The summed E-state index contributed by atoms with van der Waals surface area (Å²) in [6.45, 7) is 2.35. The van der Waals surface area contributed by atoms with Gasteiger partial charge in [-0.1, -0.05) is 25.5 Å². The molecule has 3 N–H and O–H groups in total. The maximum absolute atomic E-state index is 12.5. The largest absolute Gasteiger partial charge is 0.340 e. The molecule has 0 unspecified atom stereocenters. The lowest BCUT2D eigenvalue weighted by Gasteiger charge is -2.11. The lowest BCUT2D eigenvalue weighted by Crippen LogP contribution is -2.39. The van der Waals surface area contributed by atoms with E-state index in [4.69, 9.17) is 0 Å². The molecule has 2 amide bonds. The number of non-ortho nitro benzene ring substituents is 1. The molecule has 0 atom stereocenters. The zero-order valence-corrected chi connectivity index (χ0v) is 20.7. The molecule has 0 fully saturated rings. The first-order chi connectivity index (χ1) is 17.3. The smallest absolute Gasteiger partial charge is 0.328 e. The van der Waals surface area contributed by atoms with Crippen molar-refractivity contribution < 1.29 is 18.1 Å². The molecule has 11 nitrogen and oxygen atoms in total. The molecular formula is C23H22N6O5S2. The number of aromatic nitrogens is 2. The second-order valence-electron chi connectivity index (χ2n) is 7.72. The summed E-state index contributed by atoms with van der Waals surface area (Å²) in [6.07, 6.45) is 3.02. The number of amides is 2. The fraction of sp³-hybridized carbons (Fsp3) is 0.174. The Morgan fingerprint density at radius 1 is 1.14 bits per heavy atom. The molecule has 0 aliphatic rings. The highest BCUT2D eigenvalue weighted by molar-refractivity contribution is 7.90. The van der Waals surface area contributed by atoms with Crippen molar-refractivity contribution in [3.63, 3.8) is 0 Å². The number of anilines is 2. The van der Waals surface area contributed by atoms with E-state index in [1.807, 2.05) is 17.0 Å². The van der Waals surface area contributed by atoms with Crippen LogP contribution in [0, 0.1) is 10.1 Å². The van der Waals surface area contributed by atoms with Gasteiger partial charge >= 0.3 is 6.03 Å². The number of hydrogen-bond donors (Lipinski definition) is 3. The summed E-state index contributed by atoms with van der Waals surface area (Å²) in [7, 11) is -4.03. The van der Waals surface area contributed by atoms with Crippen LogP contribution in [0.1, 0.15) is 19.8 Å². The number of unbranched alkanes of at least 4 members (excludes halogenated alkanes) is 1. The Morgan fingerprint density at radius 2 is 1.92 bits per heavy atom. The van der Waals surface area contributed by atoms with Crippen LogP contribution in [0.2, 0.25) is 0 Å². The molecule has 4 aromatic rings. The summed E-state index contributed by atoms with van der Waals surface area (Å²) >= 11 is 1.38. The quantitative estimate of drug-likeness (QED) is 0.159. The summed E-state index contributed by atoms with van der Waals surface area (Å²) in [5.41, 5.74) is 1.91. The van der Waals surface area contributed by atoms with Crippen LogP contribution in [0.3, 0.4) is 0 Å². The first-order valence-corrected chi connectivity index (χ1v) is 13.3. The van der Waals surface area contributed by atoms with E-state index in [2.05, 4.69) is 20.6 Å². The van der Waals surface area contributed by atoms with Gasteiger partial charge in [0.1, 0.15) is 17.0 Å². The number of fused-ring (bicyclic) bond motifs is 1. The van der Waals surface area contributed by atoms with Crippen LogP contribution in [0.4, 0.5) is 22.0 Å². The maximum atomic E-state index is 12.5. The molecule has 2 heterocycles. The predicted octanol–water partition coefficient (Wildman–Crippen LogP) is 4.80. The van der Waals surface area contributed by atoms with E-state index in [1.165, 1.54) is 41.9 Å². The second-order valence-corrected chi connectivity index (χ2v) is 10.3. The van der Waals surface area contributed by atoms with Gasteiger partial charge in [-0.2, -0.15) is 0 Å². The van der Waals surface area contributed by atoms with Crippen molar-refractivity contribution in [2.75, 3.05) is 11.9 Å². The number of nitrogens with zero attached hydrogens (tertiary/aromatic N) is 3. The SMILES string of the molecule is CCCCNC(=O)NS(=O)(=O)c1ccc(Nc2ncnc3scc(-c4cccc([N+](=O)[O-])c4)c23)cc1. The highest BCUT2D eigenvalue weighted by atomic mass is 32.2. The van der Waals surface area contributed by atoms with E-state index in [1.54, 1.807) is 24.3 Å². The number of carbonyl (C=O) groups excluding carboxylic acids is 1. The van der Waals surface area contributed by atoms with Crippen molar-refractivity contribution in [2.24, 2.45) is 0 Å². The third-order valence-corrected chi connectivity index (χ3v) is 7.44. The van der Waals surface area contributed by atoms with Gasteiger partial charge < -0.3 is 10.6 Å². The fourth-order valence-corrected chi connectivity index (χ4v) is 5.26. The number of carbonyl (C=O) groups is 1. The standard InChI is InChI=1S/C23H22N6O5S2/c1-2-3-11-24-23(30)28-36(33,34)18-9-7-16(8-10-18)27-21-20-19(13-35-22(20)26-14-25-21)15-5-4-6-17(12-15)29(31)32/h4-10,12-14H,2-3,11H2,1H3,(H2,24,28,30)(H,25,26,27). The van der Waals surface area contributed by atoms with Gasteiger partial charge in [-0.05, 0) is 36.2 Å². The molecule has 0 aliphatic heterocycles. The van der Waals surface area contributed by atoms with Gasteiger partial charge in [0.25, 0.3) is 15.7 Å². The molecule has 0 aliphatic carbocycles. The predicted molar refractivity (Wildman–Crippen MR) is 138 cm³/mol. The zero-order chi connectivity index (χ0) is 25.7. The zero-order valence-electron chi connectivity index (χ0n) is 19.1. The van der Waals surface area contributed by atoms with Crippen LogP contribution in [-0.2, 0) is 10.0 Å². The van der Waals surface area contributed by atoms with E-state index in [-0.39, 0.29) is 10.6 Å². The van der Waals surface area contributed by atoms with Crippen LogP contribution < -0.4 is 15.4 Å². The van der Waals surface area contributed by atoms with Crippen molar-refractivity contribution in [3.8, 4) is 11.1 Å². The number of rotatable bonds is 9. The normalized spacial score (nSPS) is 11.2. The van der Waals surface area contributed by atoms with Crippen molar-refractivity contribution >= 4 is 54.8 Å². The Bertz CT molecular complexity index is 1520. The third-order valence-electron chi connectivity index (χ3n) is 5.21. The Hall–Kier alpha value is -4.10. The number of sulfonamides is 1. The fourth-order valence-electron chi connectivity index (χ4n) is 3.42. The van der Waals surface area contributed by atoms with Gasteiger partial charge in [0.05, 0.1) is 15.2 Å². The summed E-state index contributed by atoms with van der Waals surface area (Å²) in [5.74, 6) is 0.465. The lowest BCUT2D eigenvalue weighted by molar-refractivity contribution is -0.384. The van der Waals surface area contributed by atoms with Crippen LogP contribution in [0.5, 0.6) is 0 Å². The molecule has 4 rings (SSSR count).